The van der Waals surface area contributed by atoms with Gasteiger partial charge in [-0.1, -0.05) is 29.3 Å². The number of hydrogen-bond acceptors (Lipinski definition) is 4. The van der Waals surface area contributed by atoms with Crippen LogP contribution in [0.15, 0.2) is 47.7 Å². The van der Waals surface area contributed by atoms with E-state index in [1.807, 2.05) is 18.2 Å². The van der Waals surface area contributed by atoms with Gasteiger partial charge in [0.1, 0.15) is 0 Å². The number of aliphatic carboxylic acids is 1. The highest BCUT2D eigenvalue weighted by molar-refractivity contribution is 6.35. The van der Waals surface area contributed by atoms with Crippen molar-refractivity contribution in [3.05, 3.63) is 58.3 Å². The van der Waals surface area contributed by atoms with Crippen LogP contribution in [0, 0.1) is 0 Å². The Morgan fingerprint density at radius 2 is 1.83 bits per heavy atom. The van der Waals surface area contributed by atoms with Crippen molar-refractivity contribution in [1.29, 1.82) is 0 Å². The summed E-state index contributed by atoms with van der Waals surface area (Å²) in [6.07, 6.45) is 3.75. The largest absolute Gasteiger partial charge is 0.481 e. The number of rotatable bonds is 8. The molecule has 0 spiro atoms. The van der Waals surface area contributed by atoms with Gasteiger partial charge in [0.05, 0.1) is 17.1 Å². The summed E-state index contributed by atoms with van der Waals surface area (Å²) in [7, 11) is 0. The summed E-state index contributed by atoms with van der Waals surface area (Å²) in [5.74, 6) is -0.794. The van der Waals surface area contributed by atoms with Gasteiger partial charge in [-0.3, -0.25) is 15.2 Å². The van der Waals surface area contributed by atoms with Gasteiger partial charge in [0.2, 0.25) is 0 Å². The molecular formula is C17H17Cl2N3O2. The predicted molar refractivity (Wildman–Crippen MR) is 97.0 cm³/mol. The summed E-state index contributed by atoms with van der Waals surface area (Å²) < 4.78 is 0. The Balaban J connectivity index is 2.10. The van der Waals surface area contributed by atoms with E-state index in [2.05, 4.69) is 15.5 Å². The smallest absolute Gasteiger partial charge is 0.303 e. The number of anilines is 1. The number of benzene rings is 1. The zero-order valence-electron chi connectivity index (χ0n) is 12.9. The normalized spacial score (nSPS) is 11.3. The predicted octanol–water partition coefficient (Wildman–Crippen LogP) is 4.85. The number of carboxylic acid groups (broad SMARTS) is 1. The van der Waals surface area contributed by atoms with Gasteiger partial charge in [-0.15, -0.1) is 0 Å². The molecule has 24 heavy (non-hydrogen) atoms. The van der Waals surface area contributed by atoms with Crippen LogP contribution in [-0.2, 0) is 4.79 Å². The van der Waals surface area contributed by atoms with E-state index in [-0.39, 0.29) is 6.42 Å². The third kappa shape index (κ3) is 6.18. The van der Waals surface area contributed by atoms with Crippen LogP contribution in [0.5, 0.6) is 0 Å². The second kappa shape index (κ2) is 9.25. The van der Waals surface area contributed by atoms with Crippen molar-refractivity contribution >= 4 is 40.6 Å². The van der Waals surface area contributed by atoms with Gasteiger partial charge in [-0.05, 0) is 49.6 Å². The molecule has 2 rings (SSSR count). The molecule has 1 aromatic carbocycles. The second-order valence-electron chi connectivity index (χ2n) is 5.14. The molecule has 0 saturated heterocycles. The first-order valence-corrected chi connectivity index (χ1v) is 8.22. The average Bonchev–Trinajstić information content (AvgIpc) is 2.54. The number of nitrogens with zero attached hydrogens (tertiary/aromatic N) is 2. The molecule has 5 nitrogen and oxygen atoms in total. The average molecular weight is 366 g/mol. The van der Waals surface area contributed by atoms with Crippen LogP contribution >= 0.6 is 23.2 Å². The van der Waals surface area contributed by atoms with Crippen LogP contribution < -0.4 is 5.43 Å². The first-order chi connectivity index (χ1) is 11.5. The molecule has 0 bridgehead atoms. The van der Waals surface area contributed by atoms with Crippen LogP contribution in [0.1, 0.15) is 31.4 Å². The quantitative estimate of drug-likeness (QED) is 0.398. The van der Waals surface area contributed by atoms with Crippen molar-refractivity contribution in [2.45, 2.75) is 25.7 Å². The lowest BCUT2D eigenvalue weighted by Crippen LogP contribution is -2.07. The van der Waals surface area contributed by atoms with Crippen LogP contribution in [-0.4, -0.2) is 21.8 Å². The third-order valence-electron chi connectivity index (χ3n) is 3.20. The Bertz CT molecular complexity index is 701. The minimum atomic E-state index is -0.794. The summed E-state index contributed by atoms with van der Waals surface area (Å²) >= 11 is 11.9. The number of unbranched alkanes of at least 4 members (excludes halogenated alkanes) is 1. The first-order valence-electron chi connectivity index (χ1n) is 7.46. The molecule has 0 unspecified atom stereocenters. The molecule has 0 radical (unpaired) electrons. The molecule has 0 saturated carbocycles. The molecule has 7 heteroatoms. The van der Waals surface area contributed by atoms with Crippen molar-refractivity contribution in [2.24, 2.45) is 5.10 Å². The van der Waals surface area contributed by atoms with Crippen LogP contribution in [0.2, 0.25) is 10.0 Å². The molecule has 0 amide bonds. The number of hydrazone groups is 1. The fraction of sp³-hybridized carbons (Fsp3) is 0.235. The monoisotopic (exact) mass is 365 g/mol. The zero-order chi connectivity index (χ0) is 17.4. The molecule has 0 atom stereocenters. The number of aromatic nitrogens is 1. The molecule has 1 heterocycles. The molecule has 1 aromatic heterocycles. The molecule has 2 aromatic rings. The van der Waals surface area contributed by atoms with E-state index >= 15 is 0 Å². The second-order valence-corrected chi connectivity index (χ2v) is 6.02. The minimum absolute atomic E-state index is 0.146. The molecule has 0 aliphatic heterocycles. The lowest BCUT2D eigenvalue weighted by molar-refractivity contribution is -0.137. The summed E-state index contributed by atoms with van der Waals surface area (Å²) in [6.45, 7) is 0. The molecule has 126 valence electrons. The lowest BCUT2D eigenvalue weighted by Gasteiger charge is -2.08. The number of halogens is 2. The SMILES string of the molecule is O=C(O)CCCC/C(=N\Nc1cc(Cl)cc(Cl)c1)c1ccccn1. The summed E-state index contributed by atoms with van der Waals surface area (Å²) in [4.78, 5) is 14.9. The van der Waals surface area contributed by atoms with E-state index in [0.717, 1.165) is 11.4 Å². The number of pyridine rings is 1. The van der Waals surface area contributed by atoms with E-state index in [9.17, 15) is 4.79 Å². The highest BCUT2D eigenvalue weighted by atomic mass is 35.5. The maximum absolute atomic E-state index is 10.6. The van der Waals surface area contributed by atoms with Crippen molar-refractivity contribution in [3.8, 4) is 0 Å². The lowest BCUT2D eigenvalue weighted by atomic mass is 10.1. The number of nitrogens with one attached hydrogen (secondary N) is 1. The van der Waals surface area contributed by atoms with Gasteiger partial charge in [-0.25, -0.2) is 0 Å². The van der Waals surface area contributed by atoms with E-state index in [4.69, 9.17) is 28.3 Å². The van der Waals surface area contributed by atoms with Gasteiger partial charge in [0.15, 0.2) is 0 Å². The molecule has 0 aliphatic carbocycles. The third-order valence-corrected chi connectivity index (χ3v) is 3.63. The van der Waals surface area contributed by atoms with Crippen molar-refractivity contribution in [1.82, 2.24) is 4.98 Å². The van der Waals surface area contributed by atoms with E-state index < -0.39 is 5.97 Å². The Hall–Kier alpha value is -2.11. The summed E-state index contributed by atoms with van der Waals surface area (Å²) in [5.41, 5.74) is 5.10. The Morgan fingerprint density at radius 1 is 1.12 bits per heavy atom. The number of hydrogen-bond donors (Lipinski definition) is 2. The van der Waals surface area contributed by atoms with Gasteiger partial charge >= 0.3 is 5.97 Å². The van der Waals surface area contributed by atoms with E-state index in [0.29, 0.717) is 35.0 Å². The number of carboxylic acids is 1. The molecule has 0 fully saturated rings. The standard InChI is InChI=1S/C17H17Cl2N3O2/c18-12-9-13(19)11-14(10-12)21-22-16(6-1-2-7-17(23)24)15-5-3-4-8-20-15/h3-5,8-11,21H,1-2,6-7H2,(H,23,24)/b22-16+. The van der Waals surface area contributed by atoms with Gasteiger partial charge < -0.3 is 5.11 Å². The fourth-order valence-corrected chi connectivity index (χ4v) is 2.62. The van der Waals surface area contributed by atoms with Crippen LogP contribution in [0.3, 0.4) is 0 Å². The van der Waals surface area contributed by atoms with Gasteiger partial charge in [0.25, 0.3) is 0 Å². The van der Waals surface area contributed by atoms with E-state index in [1.54, 1.807) is 24.4 Å². The molecule has 2 N–H and O–H groups in total. The maximum Gasteiger partial charge on any atom is 0.303 e. The van der Waals surface area contributed by atoms with Gasteiger partial charge in [0, 0.05) is 22.7 Å². The zero-order valence-corrected chi connectivity index (χ0v) is 14.4. The molecule has 0 aliphatic rings. The maximum atomic E-state index is 10.6. The topological polar surface area (TPSA) is 74.6 Å². The Morgan fingerprint density at radius 3 is 2.46 bits per heavy atom. The van der Waals surface area contributed by atoms with Crippen molar-refractivity contribution < 1.29 is 9.90 Å². The summed E-state index contributed by atoms with van der Waals surface area (Å²) in [6, 6.07) is 10.7. The van der Waals surface area contributed by atoms with Crippen LogP contribution in [0.25, 0.3) is 0 Å². The molecular weight excluding hydrogens is 349 g/mol. The Kier molecular flexibility index (Phi) is 7.03. The van der Waals surface area contributed by atoms with Crippen molar-refractivity contribution in [3.63, 3.8) is 0 Å². The highest BCUT2D eigenvalue weighted by Gasteiger charge is 2.07. The Labute approximate surface area is 150 Å². The minimum Gasteiger partial charge on any atom is -0.481 e. The number of carbonyl (C=O) groups is 1. The highest BCUT2D eigenvalue weighted by Crippen LogP contribution is 2.22. The van der Waals surface area contributed by atoms with E-state index in [1.165, 1.54) is 0 Å². The summed E-state index contributed by atoms with van der Waals surface area (Å²) in [5, 5.41) is 14.2. The van der Waals surface area contributed by atoms with Crippen LogP contribution in [0.4, 0.5) is 5.69 Å². The van der Waals surface area contributed by atoms with Crippen molar-refractivity contribution in [2.75, 3.05) is 5.43 Å². The van der Waals surface area contributed by atoms with Gasteiger partial charge in [-0.2, -0.15) is 5.10 Å². The first kappa shape index (κ1) is 18.2. The fourth-order valence-electron chi connectivity index (χ4n) is 2.09.